The number of methoxy groups -OCH3 is 1. The lowest BCUT2D eigenvalue weighted by Crippen LogP contribution is -2.52. The summed E-state index contributed by atoms with van der Waals surface area (Å²) in [5.41, 5.74) is 1.16. The van der Waals surface area contributed by atoms with Crippen LogP contribution in [0.25, 0.3) is 0 Å². The van der Waals surface area contributed by atoms with E-state index in [2.05, 4.69) is 22.8 Å². The molecule has 2 rings (SSSR count). The molecule has 0 N–H and O–H groups in total. The number of ether oxygens (including phenoxy) is 1. The zero-order valence-corrected chi connectivity index (χ0v) is 13.6. The molecular formula is C16H23ClN2O2. The molecule has 0 radical (unpaired) electrons. The van der Waals surface area contributed by atoms with Gasteiger partial charge in [-0.1, -0.05) is 24.6 Å². The van der Waals surface area contributed by atoms with Crippen LogP contribution in [0, 0.1) is 5.92 Å². The van der Waals surface area contributed by atoms with Crippen molar-refractivity contribution >= 4 is 23.3 Å². The van der Waals surface area contributed by atoms with Gasteiger partial charge in [0.2, 0.25) is 0 Å². The summed E-state index contributed by atoms with van der Waals surface area (Å²) in [6, 6.07) is 8.15. The van der Waals surface area contributed by atoms with Crippen LogP contribution in [0.3, 0.4) is 0 Å². The maximum atomic E-state index is 11.6. The van der Waals surface area contributed by atoms with Crippen LogP contribution in [0.5, 0.6) is 0 Å². The Morgan fingerprint density at radius 2 is 1.90 bits per heavy atom. The summed E-state index contributed by atoms with van der Waals surface area (Å²) in [4.78, 5) is 16.3. The first-order chi connectivity index (χ1) is 10.0. The number of piperazine rings is 1. The van der Waals surface area contributed by atoms with Crippen molar-refractivity contribution in [2.75, 3.05) is 38.2 Å². The van der Waals surface area contributed by atoms with E-state index in [0.717, 1.165) is 36.9 Å². The van der Waals surface area contributed by atoms with Gasteiger partial charge in [0.25, 0.3) is 0 Å². The molecule has 0 spiro atoms. The molecule has 1 fully saturated rings. The summed E-state index contributed by atoms with van der Waals surface area (Å²) in [5.74, 6) is -0.243. The fraction of sp³-hybridized carbons (Fsp3) is 0.562. The highest BCUT2D eigenvalue weighted by molar-refractivity contribution is 6.30. The van der Waals surface area contributed by atoms with Gasteiger partial charge in [0.1, 0.15) is 0 Å². The summed E-state index contributed by atoms with van der Waals surface area (Å²) < 4.78 is 4.84. The van der Waals surface area contributed by atoms with Crippen LogP contribution >= 0.6 is 11.6 Å². The van der Waals surface area contributed by atoms with Crippen molar-refractivity contribution < 1.29 is 9.53 Å². The highest BCUT2D eigenvalue weighted by atomic mass is 35.5. The predicted molar refractivity (Wildman–Crippen MR) is 85.9 cm³/mol. The Morgan fingerprint density at radius 1 is 1.24 bits per heavy atom. The Balaban J connectivity index is 1.92. The number of carbonyl (C=O) groups is 1. The lowest BCUT2D eigenvalue weighted by Gasteiger charge is -2.40. The van der Waals surface area contributed by atoms with Gasteiger partial charge in [-0.05, 0) is 25.1 Å². The standard InChI is InChI=1S/C16H23ClN2O2/c1-12(16(20)21-3)13(2)18-7-9-19(10-8-18)15-6-4-5-14(17)11-15/h4-6,11-13H,7-10H2,1-3H3. The molecule has 5 heteroatoms. The molecule has 0 saturated carbocycles. The molecule has 0 amide bonds. The van der Waals surface area contributed by atoms with E-state index >= 15 is 0 Å². The van der Waals surface area contributed by atoms with Gasteiger partial charge in [0.15, 0.2) is 0 Å². The van der Waals surface area contributed by atoms with Crippen molar-refractivity contribution in [3.05, 3.63) is 29.3 Å². The van der Waals surface area contributed by atoms with Crippen LogP contribution in [0.2, 0.25) is 5.02 Å². The summed E-state index contributed by atoms with van der Waals surface area (Å²) >= 11 is 6.05. The molecule has 2 atom stereocenters. The number of halogens is 1. The number of esters is 1. The third-order valence-corrected chi connectivity index (χ3v) is 4.60. The molecule has 1 aliphatic heterocycles. The topological polar surface area (TPSA) is 32.8 Å². The van der Waals surface area contributed by atoms with E-state index in [1.54, 1.807) is 0 Å². The average Bonchev–Trinajstić information content (AvgIpc) is 2.53. The minimum atomic E-state index is -0.139. The quantitative estimate of drug-likeness (QED) is 0.801. The molecule has 2 unspecified atom stereocenters. The Labute approximate surface area is 131 Å². The maximum absolute atomic E-state index is 11.6. The number of rotatable bonds is 4. The van der Waals surface area contributed by atoms with E-state index in [9.17, 15) is 4.79 Å². The Hall–Kier alpha value is -1.26. The van der Waals surface area contributed by atoms with Gasteiger partial charge >= 0.3 is 5.97 Å². The van der Waals surface area contributed by atoms with E-state index in [1.807, 2.05) is 25.1 Å². The zero-order valence-electron chi connectivity index (χ0n) is 12.9. The normalized spacial score (nSPS) is 19.1. The summed E-state index contributed by atoms with van der Waals surface area (Å²) in [6.45, 7) is 7.79. The van der Waals surface area contributed by atoms with E-state index in [1.165, 1.54) is 7.11 Å². The molecule has 0 bridgehead atoms. The van der Waals surface area contributed by atoms with Crippen molar-refractivity contribution in [1.82, 2.24) is 4.90 Å². The zero-order chi connectivity index (χ0) is 15.4. The molecule has 1 heterocycles. The number of benzene rings is 1. The number of carbonyl (C=O) groups excluding carboxylic acids is 1. The van der Waals surface area contributed by atoms with E-state index < -0.39 is 0 Å². The number of hydrogen-bond acceptors (Lipinski definition) is 4. The highest BCUT2D eigenvalue weighted by Crippen LogP contribution is 2.22. The van der Waals surface area contributed by atoms with Crippen LogP contribution in [-0.4, -0.2) is 50.2 Å². The third-order valence-electron chi connectivity index (χ3n) is 4.36. The SMILES string of the molecule is COC(=O)C(C)C(C)N1CCN(c2cccc(Cl)c2)CC1. The number of hydrogen-bond donors (Lipinski definition) is 0. The van der Waals surface area contributed by atoms with E-state index in [-0.39, 0.29) is 17.9 Å². The van der Waals surface area contributed by atoms with Gasteiger partial charge in [-0.15, -0.1) is 0 Å². The first kappa shape index (κ1) is 16.1. The van der Waals surface area contributed by atoms with Gasteiger partial charge in [-0.25, -0.2) is 0 Å². The van der Waals surface area contributed by atoms with Crippen molar-refractivity contribution in [2.24, 2.45) is 5.92 Å². The van der Waals surface area contributed by atoms with Crippen LogP contribution < -0.4 is 4.90 Å². The monoisotopic (exact) mass is 310 g/mol. The average molecular weight is 311 g/mol. The molecular weight excluding hydrogens is 288 g/mol. The predicted octanol–water partition coefficient (Wildman–Crippen LogP) is 2.66. The smallest absolute Gasteiger partial charge is 0.309 e. The first-order valence-electron chi connectivity index (χ1n) is 7.35. The second kappa shape index (κ2) is 7.14. The van der Waals surface area contributed by atoms with Gasteiger partial charge in [-0.3, -0.25) is 9.69 Å². The summed E-state index contributed by atoms with van der Waals surface area (Å²) in [6.07, 6.45) is 0. The van der Waals surface area contributed by atoms with Crippen molar-refractivity contribution in [3.8, 4) is 0 Å². The van der Waals surface area contributed by atoms with Crippen molar-refractivity contribution in [1.29, 1.82) is 0 Å². The van der Waals surface area contributed by atoms with Crippen LogP contribution in [0.4, 0.5) is 5.69 Å². The molecule has 0 aromatic heterocycles. The Morgan fingerprint density at radius 3 is 2.48 bits per heavy atom. The van der Waals surface area contributed by atoms with Gasteiger partial charge in [0.05, 0.1) is 13.0 Å². The second-order valence-corrected chi connectivity index (χ2v) is 5.99. The van der Waals surface area contributed by atoms with Gasteiger partial charge in [0, 0.05) is 42.9 Å². The molecule has 1 saturated heterocycles. The molecule has 1 aliphatic rings. The van der Waals surface area contributed by atoms with Crippen LogP contribution in [-0.2, 0) is 9.53 Å². The van der Waals surface area contributed by atoms with E-state index in [4.69, 9.17) is 16.3 Å². The van der Waals surface area contributed by atoms with E-state index in [0.29, 0.717) is 0 Å². The fourth-order valence-electron chi connectivity index (χ4n) is 2.76. The second-order valence-electron chi connectivity index (χ2n) is 5.56. The third kappa shape index (κ3) is 3.89. The lowest BCUT2D eigenvalue weighted by molar-refractivity contribution is -0.147. The molecule has 4 nitrogen and oxygen atoms in total. The Bertz CT molecular complexity index is 487. The van der Waals surface area contributed by atoms with Gasteiger partial charge in [-0.2, -0.15) is 0 Å². The number of anilines is 1. The molecule has 21 heavy (non-hydrogen) atoms. The molecule has 1 aromatic rings. The van der Waals surface area contributed by atoms with Crippen LogP contribution in [0.15, 0.2) is 24.3 Å². The summed E-state index contributed by atoms with van der Waals surface area (Å²) in [5, 5.41) is 0.766. The van der Waals surface area contributed by atoms with Crippen LogP contribution in [0.1, 0.15) is 13.8 Å². The number of nitrogens with zero attached hydrogens (tertiary/aromatic N) is 2. The highest BCUT2D eigenvalue weighted by Gasteiger charge is 2.28. The van der Waals surface area contributed by atoms with Crippen molar-refractivity contribution in [3.63, 3.8) is 0 Å². The lowest BCUT2D eigenvalue weighted by atomic mass is 10.0. The maximum Gasteiger partial charge on any atom is 0.309 e. The van der Waals surface area contributed by atoms with Gasteiger partial charge < -0.3 is 9.64 Å². The largest absolute Gasteiger partial charge is 0.469 e. The molecule has 1 aromatic carbocycles. The minimum absolute atomic E-state index is 0.104. The fourth-order valence-corrected chi connectivity index (χ4v) is 2.94. The summed E-state index contributed by atoms with van der Waals surface area (Å²) in [7, 11) is 1.45. The first-order valence-corrected chi connectivity index (χ1v) is 7.73. The Kier molecular flexibility index (Phi) is 5.48. The van der Waals surface area contributed by atoms with Crippen molar-refractivity contribution in [2.45, 2.75) is 19.9 Å². The minimum Gasteiger partial charge on any atom is -0.469 e. The molecule has 116 valence electrons. The molecule has 0 aliphatic carbocycles.